The summed E-state index contributed by atoms with van der Waals surface area (Å²) in [6.45, 7) is 1.36. The maximum absolute atomic E-state index is 12.2. The average molecular weight is 323 g/mol. The zero-order chi connectivity index (χ0) is 17.1. The number of aliphatic hydroxyl groups excluding tert-OH is 1. The highest BCUT2D eigenvalue weighted by Crippen LogP contribution is 2.27. The molecule has 0 radical (unpaired) electrons. The fraction of sp³-hybridized carbons (Fsp3) is 0.471. The number of ether oxygens (including phenoxy) is 3. The Morgan fingerprint density at radius 1 is 1.17 bits per heavy atom. The summed E-state index contributed by atoms with van der Waals surface area (Å²) in [6, 6.07) is 5.42. The highest BCUT2D eigenvalue weighted by Gasteiger charge is 2.09. The number of amides is 1. The summed E-state index contributed by atoms with van der Waals surface area (Å²) in [4.78, 5) is 13.8. The monoisotopic (exact) mass is 323 g/mol. The van der Waals surface area contributed by atoms with Gasteiger partial charge >= 0.3 is 0 Å². The first-order valence-electron chi connectivity index (χ1n) is 7.45. The lowest BCUT2D eigenvalue weighted by atomic mass is 10.2. The van der Waals surface area contributed by atoms with Gasteiger partial charge in [-0.3, -0.25) is 4.79 Å². The molecule has 1 rings (SSSR count). The van der Waals surface area contributed by atoms with E-state index in [0.717, 1.165) is 12.0 Å². The van der Waals surface area contributed by atoms with E-state index in [1.807, 2.05) is 6.07 Å². The second-order valence-electron chi connectivity index (χ2n) is 4.84. The Balaban J connectivity index is 2.74. The molecule has 0 unspecified atom stereocenters. The first-order valence-corrected chi connectivity index (χ1v) is 7.45. The number of hydrogen-bond acceptors (Lipinski definition) is 5. The average Bonchev–Trinajstić information content (AvgIpc) is 2.58. The number of aliphatic hydroxyl groups is 1. The van der Waals surface area contributed by atoms with Gasteiger partial charge in [0.15, 0.2) is 11.5 Å². The molecule has 1 N–H and O–H groups in total. The fourth-order valence-electron chi connectivity index (χ4n) is 2.08. The van der Waals surface area contributed by atoms with Crippen molar-refractivity contribution in [3.63, 3.8) is 0 Å². The van der Waals surface area contributed by atoms with E-state index in [4.69, 9.17) is 19.3 Å². The summed E-state index contributed by atoms with van der Waals surface area (Å²) in [7, 11) is 4.76. The zero-order valence-corrected chi connectivity index (χ0v) is 13.9. The Kier molecular flexibility index (Phi) is 8.79. The molecule has 1 amide bonds. The van der Waals surface area contributed by atoms with Crippen molar-refractivity contribution in [2.45, 2.75) is 6.42 Å². The van der Waals surface area contributed by atoms with Gasteiger partial charge in [0.05, 0.1) is 20.8 Å². The van der Waals surface area contributed by atoms with Crippen LogP contribution in [0.15, 0.2) is 24.3 Å². The summed E-state index contributed by atoms with van der Waals surface area (Å²) in [5, 5.41) is 9.07. The van der Waals surface area contributed by atoms with Crippen LogP contribution in [0.25, 0.3) is 6.08 Å². The van der Waals surface area contributed by atoms with Gasteiger partial charge in [0.2, 0.25) is 5.91 Å². The van der Waals surface area contributed by atoms with Crippen molar-refractivity contribution in [3.8, 4) is 11.5 Å². The molecule has 0 aliphatic carbocycles. The van der Waals surface area contributed by atoms with Gasteiger partial charge in [-0.15, -0.1) is 0 Å². The number of benzene rings is 1. The fourth-order valence-corrected chi connectivity index (χ4v) is 2.08. The molecular formula is C17H25NO5. The van der Waals surface area contributed by atoms with Crippen molar-refractivity contribution in [1.82, 2.24) is 4.90 Å². The lowest BCUT2D eigenvalue weighted by Crippen LogP contribution is -2.33. The van der Waals surface area contributed by atoms with Crippen molar-refractivity contribution in [3.05, 3.63) is 29.8 Å². The minimum Gasteiger partial charge on any atom is -0.493 e. The van der Waals surface area contributed by atoms with Gasteiger partial charge in [0, 0.05) is 32.9 Å². The molecule has 0 aliphatic rings. The van der Waals surface area contributed by atoms with Gasteiger partial charge in [-0.25, -0.2) is 0 Å². The van der Waals surface area contributed by atoms with Gasteiger partial charge in [-0.05, 0) is 30.2 Å². The molecule has 0 saturated carbocycles. The van der Waals surface area contributed by atoms with Crippen LogP contribution in [0, 0.1) is 0 Å². The molecule has 0 aromatic heterocycles. The summed E-state index contributed by atoms with van der Waals surface area (Å²) < 4.78 is 15.4. The molecule has 0 saturated heterocycles. The standard InChI is InChI=1S/C17H25NO5/c1-21-12-4-9-18(10-11-19)17(20)8-6-14-5-7-15(22-2)16(13-14)23-3/h5-8,13,19H,4,9-12H2,1-3H3/b8-6+. The summed E-state index contributed by atoms with van der Waals surface area (Å²) in [5.41, 5.74) is 0.830. The van der Waals surface area contributed by atoms with Crippen molar-refractivity contribution < 1.29 is 24.1 Å². The Labute approximate surface area is 137 Å². The predicted octanol–water partition coefficient (Wildman–Crippen LogP) is 1.57. The minimum atomic E-state index is -0.148. The molecule has 1 aromatic rings. The molecule has 128 valence electrons. The van der Waals surface area contributed by atoms with Gasteiger partial charge < -0.3 is 24.2 Å². The summed E-state index contributed by atoms with van der Waals surface area (Å²) >= 11 is 0. The van der Waals surface area contributed by atoms with Crippen molar-refractivity contribution >= 4 is 12.0 Å². The molecule has 0 bridgehead atoms. The predicted molar refractivity (Wildman–Crippen MR) is 88.7 cm³/mol. The van der Waals surface area contributed by atoms with Crippen LogP contribution in [0.2, 0.25) is 0 Å². The maximum Gasteiger partial charge on any atom is 0.246 e. The first-order chi connectivity index (χ1) is 11.2. The number of rotatable bonds is 10. The zero-order valence-electron chi connectivity index (χ0n) is 13.9. The van der Waals surface area contributed by atoms with E-state index in [1.165, 1.54) is 6.08 Å². The van der Waals surface area contributed by atoms with Crippen molar-refractivity contribution in [2.24, 2.45) is 0 Å². The second kappa shape index (κ2) is 10.6. The molecule has 6 heteroatoms. The van der Waals surface area contributed by atoms with E-state index in [2.05, 4.69) is 0 Å². The minimum absolute atomic E-state index is 0.0665. The summed E-state index contributed by atoms with van der Waals surface area (Å²) in [5.74, 6) is 1.09. The molecule has 0 aliphatic heterocycles. The number of carbonyl (C=O) groups is 1. The molecule has 23 heavy (non-hydrogen) atoms. The Bertz CT molecular complexity index is 516. The Hall–Kier alpha value is -2.05. The second-order valence-corrected chi connectivity index (χ2v) is 4.84. The van der Waals surface area contributed by atoms with Gasteiger partial charge in [0.1, 0.15) is 0 Å². The lowest BCUT2D eigenvalue weighted by molar-refractivity contribution is -0.126. The summed E-state index contributed by atoms with van der Waals surface area (Å²) in [6.07, 6.45) is 3.93. The van der Waals surface area contributed by atoms with Crippen LogP contribution in [0.4, 0.5) is 0 Å². The van der Waals surface area contributed by atoms with E-state index in [-0.39, 0.29) is 12.5 Å². The normalized spacial score (nSPS) is 10.8. The third-order valence-corrected chi connectivity index (χ3v) is 3.28. The lowest BCUT2D eigenvalue weighted by Gasteiger charge is -2.19. The molecular weight excluding hydrogens is 298 g/mol. The van der Waals surface area contributed by atoms with Crippen LogP contribution in [-0.4, -0.2) is 63.5 Å². The number of hydrogen-bond donors (Lipinski definition) is 1. The van der Waals surface area contributed by atoms with Crippen LogP contribution in [0.5, 0.6) is 11.5 Å². The third-order valence-electron chi connectivity index (χ3n) is 3.28. The molecule has 0 fully saturated rings. The van der Waals surface area contributed by atoms with Crippen LogP contribution < -0.4 is 9.47 Å². The topological polar surface area (TPSA) is 68.2 Å². The van der Waals surface area contributed by atoms with E-state index >= 15 is 0 Å². The Morgan fingerprint density at radius 3 is 2.52 bits per heavy atom. The van der Waals surface area contributed by atoms with Crippen molar-refractivity contribution in [1.29, 1.82) is 0 Å². The SMILES string of the molecule is COCCCN(CCO)C(=O)/C=C/c1ccc(OC)c(OC)c1. The van der Waals surface area contributed by atoms with Gasteiger partial charge in [-0.1, -0.05) is 6.07 Å². The third kappa shape index (κ3) is 6.30. The molecule has 1 aromatic carbocycles. The van der Waals surface area contributed by atoms with E-state index in [1.54, 1.807) is 44.4 Å². The highest BCUT2D eigenvalue weighted by atomic mass is 16.5. The van der Waals surface area contributed by atoms with E-state index < -0.39 is 0 Å². The number of methoxy groups -OCH3 is 3. The molecule has 6 nitrogen and oxygen atoms in total. The molecule has 0 spiro atoms. The van der Waals surface area contributed by atoms with Crippen LogP contribution >= 0.6 is 0 Å². The smallest absolute Gasteiger partial charge is 0.246 e. The van der Waals surface area contributed by atoms with Crippen LogP contribution in [0.3, 0.4) is 0 Å². The van der Waals surface area contributed by atoms with E-state index in [0.29, 0.717) is 31.2 Å². The van der Waals surface area contributed by atoms with Crippen LogP contribution in [0.1, 0.15) is 12.0 Å². The number of nitrogens with zero attached hydrogens (tertiary/aromatic N) is 1. The highest BCUT2D eigenvalue weighted by molar-refractivity contribution is 5.91. The van der Waals surface area contributed by atoms with Gasteiger partial charge in [0.25, 0.3) is 0 Å². The van der Waals surface area contributed by atoms with E-state index in [9.17, 15) is 4.79 Å². The van der Waals surface area contributed by atoms with Crippen molar-refractivity contribution in [2.75, 3.05) is 47.6 Å². The largest absolute Gasteiger partial charge is 0.493 e. The Morgan fingerprint density at radius 2 is 1.91 bits per heavy atom. The van der Waals surface area contributed by atoms with Gasteiger partial charge in [-0.2, -0.15) is 0 Å². The molecule has 0 heterocycles. The maximum atomic E-state index is 12.2. The first kappa shape index (κ1) is 19.0. The number of carbonyl (C=O) groups excluding carboxylic acids is 1. The quantitative estimate of drug-likeness (QED) is 0.523. The molecule has 0 atom stereocenters. The van der Waals surface area contributed by atoms with Crippen LogP contribution in [-0.2, 0) is 9.53 Å².